The monoisotopic (exact) mass is 320 g/mol. The predicted octanol–water partition coefficient (Wildman–Crippen LogP) is 3.15. The average molecular weight is 321 g/mol. The Kier molecular flexibility index (Phi) is 3.41. The summed E-state index contributed by atoms with van der Waals surface area (Å²) in [4.78, 5) is 3.97. The van der Waals surface area contributed by atoms with E-state index >= 15 is 0 Å². The number of nitrogens with two attached hydrogens (primary N) is 1. The summed E-state index contributed by atoms with van der Waals surface area (Å²) in [7, 11) is 0. The highest BCUT2D eigenvalue weighted by molar-refractivity contribution is 9.10. The maximum absolute atomic E-state index is 6.56. The minimum Gasteiger partial charge on any atom is -0.321 e. The first-order chi connectivity index (χ1) is 9.19. The Bertz CT molecular complexity index is 559. The maximum atomic E-state index is 6.56. The van der Waals surface area contributed by atoms with Crippen molar-refractivity contribution in [2.45, 2.75) is 37.6 Å². The van der Waals surface area contributed by atoms with Crippen molar-refractivity contribution in [1.29, 1.82) is 0 Å². The van der Waals surface area contributed by atoms with Crippen molar-refractivity contribution in [3.63, 3.8) is 0 Å². The van der Waals surface area contributed by atoms with E-state index in [9.17, 15) is 0 Å². The zero-order chi connectivity index (χ0) is 13.3. The average Bonchev–Trinajstić information content (AvgIpc) is 2.93. The van der Waals surface area contributed by atoms with E-state index in [1.807, 2.05) is 0 Å². The highest BCUT2D eigenvalue weighted by Gasteiger charge is 2.29. The number of rotatable bonds is 2. The van der Waals surface area contributed by atoms with Crippen LogP contribution in [0.25, 0.3) is 5.69 Å². The van der Waals surface area contributed by atoms with Crippen LogP contribution in [0.15, 0.2) is 35.3 Å². The third kappa shape index (κ3) is 2.44. The lowest BCUT2D eigenvalue weighted by atomic mass is 9.77. The normalized spacial score (nSPS) is 18.4. The van der Waals surface area contributed by atoms with Crippen molar-refractivity contribution in [1.82, 2.24) is 14.8 Å². The number of hydrogen-bond acceptors (Lipinski definition) is 3. The highest BCUT2D eigenvalue weighted by atomic mass is 79.9. The van der Waals surface area contributed by atoms with Crippen molar-refractivity contribution >= 4 is 15.9 Å². The van der Waals surface area contributed by atoms with Crippen molar-refractivity contribution in [2.75, 3.05) is 0 Å². The molecule has 5 heteroatoms. The molecule has 1 heterocycles. The van der Waals surface area contributed by atoms with Crippen LogP contribution in [0.2, 0.25) is 0 Å². The Hall–Kier alpha value is -1.20. The first-order valence-electron chi connectivity index (χ1n) is 6.63. The molecule has 4 nitrogen and oxygen atoms in total. The van der Waals surface area contributed by atoms with E-state index in [0.717, 1.165) is 23.0 Å². The van der Waals surface area contributed by atoms with Gasteiger partial charge in [-0.2, -0.15) is 5.10 Å². The molecule has 0 aliphatic heterocycles. The molecule has 0 amide bonds. The molecular weight excluding hydrogens is 304 g/mol. The van der Waals surface area contributed by atoms with E-state index in [0.29, 0.717) is 0 Å². The van der Waals surface area contributed by atoms with Crippen molar-refractivity contribution < 1.29 is 0 Å². The number of benzene rings is 1. The van der Waals surface area contributed by atoms with Crippen LogP contribution < -0.4 is 5.73 Å². The summed E-state index contributed by atoms with van der Waals surface area (Å²) in [5.41, 5.74) is 8.60. The van der Waals surface area contributed by atoms with Crippen LogP contribution in [0, 0.1) is 0 Å². The molecule has 2 N–H and O–H groups in total. The molecule has 1 aliphatic carbocycles. The molecule has 0 atom stereocenters. The van der Waals surface area contributed by atoms with Gasteiger partial charge in [0, 0.05) is 10.0 Å². The summed E-state index contributed by atoms with van der Waals surface area (Å²) >= 11 is 3.62. The molecule has 0 unspecified atom stereocenters. The van der Waals surface area contributed by atoms with Gasteiger partial charge in [-0.15, -0.1) is 0 Å². The summed E-state index contributed by atoms with van der Waals surface area (Å²) in [6.45, 7) is 0. The molecule has 0 radical (unpaired) electrons. The quantitative estimate of drug-likeness (QED) is 0.924. The van der Waals surface area contributed by atoms with Gasteiger partial charge in [-0.05, 0) is 46.5 Å². The molecule has 100 valence electrons. The summed E-state index contributed by atoms with van der Waals surface area (Å²) in [6.07, 6.45) is 9.11. The van der Waals surface area contributed by atoms with E-state index in [-0.39, 0.29) is 5.54 Å². The van der Waals surface area contributed by atoms with E-state index in [2.05, 4.69) is 44.2 Å². The molecule has 2 aromatic rings. The molecule has 19 heavy (non-hydrogen) atoms. The first kappa shape index (κ1) is 12.8. The molecule has 0 spiro atoms. The number of hydrogen-bond donors (Lipinski definition) is 1. The Morgan fingerprint density at radius 3 is 2.63 bits per heavy atom. The fourth-order valence-electron chi connectivity index (χ4n) is 2.81. The lowest BCUT2D eigenvalue weighted by Gasteiger charge is -2.34. The van der Waals surface area contributed by atoms with E-state index in [1.165, 1.54) is 31.2 Å². The SMILES string of the molecule is NC1(c2ccc(-n3cncn3)c(Br)c2)CCCCC1. The first-order valence-corrected chi connectivity index (χ1v) is 7.42. The minimum atomic E-state index is -0.165. The van der Waals surface area contributed by atoms with Gasteiger partial charge >= 0.3 is 0 Å². The van der Waals surface area contributed by atoms with Crippen LogP contribution in [-0.2, 0) is 5.54 Å². The lowest BCUT2D eigenvalue weighted by molar-refractivity contribution is 0.302. The van der Waals surface area contributed by atoms with Crippen LogP contribution in [0.4, 0.5) is 0 Å². The van der Waals surface area contributed by atoms with Gasteiger partial charge in [0.1, 0.15) is 12.7 Å². The second-order valence-electron chi connectivity index (χ2n) is 5.22. The lowest BCUT2D eigenvalue weighted by Crippen LogP contribution is -2.38. The molecule has 1 saturated carbocycles. The minimum absolute atomic E-state index is 0.165. The third-order valence-corrected chi connectivity index (χ3v) is 4.57. The standard InChI is InChI=1S/C14H17BrN4/c15-12-8-11(14(16)6-2-1-3-7-14)4-5-13(12)19-10-17-9-18-19/h4-5,8-10H,1-3,6-7,16H2. The molecule has 0 saturated heterocycles. The van der Waals surface area contributed by atoms with Gasteiger partial charge in [0.15, 0.2) is 0 Å². The fraction of sp³-hybridized carbons (Fsp3) is 0.429. The van der Waals surface area contributed by atoms with Gasteiger partial charge < -0.3 is 5.73 Å². The van der Waals surface area contributed by atoms with Crippen molar-refractivity contribution in [3.8, 4) is 5.69 Å². The second-order valence-corrected chi connectivity index (χ2v) is 6.08. The second kappa shape index (κ2) is 5.06. The largest absolute Gasteiger partial charge is 0.321 e. The molecule has 1 aromatic heterocycles. The van der Waals surface area contributed by atoms with Crippen LogP contribution in [0.3, 0.4) is 0 Å². The van der Waals surface area contributed by atoms with Gasteiger partial charge in [0.25, 0.3) is 0 Å². The van der Waals surface area contributed by atoms with E-state index in [4.69, 9.17) is 5.73 Å². The van der Waals surface area contributed by atoms with Crippen LogP contribution in [-0.4, -0.2) is 14.8 Å². The van der Waals surface area contributed by atoms with Gasteiger partial charge in [-0.1, -0.05) is 25.3 Å². The van der Waals surface area contributed by atoms with Gasteiger partial charge in [0.05, 0.1) is 5.69 Å². The molecule has 1 aliphatic rings. The Morgan fingerprint density at radius 2 is 2.00 bits per heavy atom. The van der Waals surface area contributed by atoms with Gasteiger partial charge in [-0.25, -0.2) is 9.67 Å². The van der Waals surface area contributed by atoms with Crippen molar-refractivity contribution in [3.05, 3.63) is 40.9 Å². The van der Waals surface area contributed by atoms with E-state index < -0.39 is 0 Å². The topological polar surface area (TPSA) is 56.7 Å². The van der Waals surface area contributed by atoms with Crippen molar-refractivity contribution in [2.24, 2.45) is 5.73 Å². The summed E-state index contributed by atoms with van der Waals surface area (Å²) in [5, 5.41) is 4.15. The number of aromatic nitrogens is 3. The third-order valence-electron chi connectivity index (χ3n) is 3.93. The van der Waals surface area contributed by atoms with Crippen LogP contribution in [0.1, 0.15) is 37.7 Å². The Balaban J connectivity index is 1.95. The predicted molar refractivity (Wildman–Crippen MR) is 78.0 cm³/mol. The molecular formula is C14H17BrN4. The maximum Gasteiger partial charge on any atom is 0.138 e. The van der Waals surface area contributed by atoms with Crippen LogP contribution in [0.5, 0.6) is 0 Å². The number of nitrogens with zero attached hydrogens (tertiary/aromatic N) is 3. The molecule has 1 fully saturated rings. The van der Waals surface area contributed by atoms with Gasteiger partial charge in [-0.3, -0.25) is 0 Å². The zero-order valence-electron chi connectivity index (χ0n) is 10.7. The zero-order valence-corrected chi connectivity index (χ0v) is 12.3. The van der Waals surface area contributed by atoms with E-state index in [1.54, 1.807) is 11.0 Å². The Morgan fingerprint density at radius 1 is 1.21 bits per heavy atom. The summed E-state index contributed by atoms with van der Waals surface area (Å²) < 4.78 is 2.75. The molecule has 1 aromatic carbocycles. The number of halogens is 1. The highest BCUT2D eigenvalue weighted by Crippen LogP contribution is 2.36. The smallest absolute Gasteiger partial charge is 0.138 e. The van der Waals surface area contributed by atoms with Gasteiger partial charge in [0.2, 0.25) is 0 Å². The van der Waals surface area contributed by atoms with Crippen LogP contribution >= 0.6 is 15.9 Å². The molecule has 3 rings (SSSR count). The molecule has 0 bridgehead atoms. The Labute approximate surface area is 121 Å². The summed E-state index contributed by atoms with van der Waals surface area (Å²) in [5.74, 6) is 0. The summed E-state index contributed by atoms with van der Waals surface area (Å²) in [6, 6.07) is 6.30. The fourth-order valence-corrected chi connectivity index (χ4v) is 3.37.